The van der Waals surface area contributed by atoms with E-state index in [-0.39, 0.29) is 12.8 Å². The minimum atomic E-state index is -4.67. The number of carbonyl (C=O) groups excluding carboxylic acids is 2. The van der Waals surface area contributed by atoms with Gasteiger partial charge in [0.05, 0.1) is 32.0 Å². The number of hydrogen-bond donors (Lipinski definition) is 5. The molecule has 0 saturated carbocycles. The summed E-state index contributed by atoms with van der Waals surface area (Å²) in [6.45, 7) is 4.31. The molecule has 0 aliphatic carbocycles. The number of phosphoric acid groups is 1. The van der Waals surface area contributed by atoms with Crippen LogP contribution in [0.1, 0.15) is 149 Å². The third kappa shape index (κ3) is 37.2. The first-order valence-electron chi connectivity index (χ1n) is 20.7. The van der Waals surface area contributed by atoms with Gasteiger partial charge in [0.1, 0.15) is 12.7 Å². The van der Waals surface area contributed by atoms with Gasteiger partial charge in [-0.3, -0.25) is 18.6 Å². The van der Waals surface area contributed by atoms with Crippen molar-refractivity contribution in [2.75, 3.05) is 26.4 Å². The van der Waals surface area contributed by atoms with E-state index in [1.165, 1.54) is 57.8 Å². The van der Waals surface area contributed by atoms with Crippen LogP contribution in [0, 0.1) is 5.92 Å². The van der Waals surface area contributed by atoms with Crippen molar-refractivity contribution >= 4 is 19.8 Å². The third-order valence-electron chi connectivity index (χ3n) is 8.60. The second kappa shape index (κ2) is 36.2. The zero-order chi connectivity index (χ0) is 41.0. The molecule has 0 heterocycles. The summed E-state index contributed by atoms with van der Waals surface area (Å²) < 4.78 is 32.5. The van der Waals surface area contributed by atoms with Crippen LogP contribution < -0.4 is 0 Å². The smallest absolute Gasteiger partial charge is 0.462 e. The topological polar surface area (TPSA) is 189 Å². The second-order valence-electron chi connectivity index (χ2n) is 14.5. The molecule has 55 heavy (non-hydrogen) atoms. The van der Waals surface area contributed by atoms with E-state index in [9.17, 15) is 34.4 Å². The van der Waals surface area contributed by atoms with Crippen LogP contribution in [0.2, 0.25) is 0 Å². The SMILES string of the molecule is CCCCC/C=C\C[C@@H](O)/C=C/C=C/C=C\[C@@H](O)CCCC(=O)OC[C@H](COP(=O)(O)OC[C@@H](O)CO)OC(=O)CCCCCCCCCCCCC(C)C. The van der Waals surface area contributed by atoms with Gasteiger partial charge in [0.2, 0.25) is 0 Å². The van der Waals surface area contributed by atoms with Crippen molar-refractivity contribution in [1.82, 2.24) is 0 Å². The zero-order valence-electron chi connectivity index (χ0n) is 34.0. The molecule has 5 atom stereocenters. The molecular formula is C42H75O12P. The molecule has 0 aromatic carbocycles. The highest BCUT2D eigenvalue weighted by Gasteiger charge is 2.27. The standard InChI is InChI=1S/C42H75O12P/c1-4-5-6-7-15-20-26-37(44)27-21-17-18-22-28-38(45)29-24-31-41(47)51-34-40(35-53-55(49,50)52-33-39(46)32-43)54-42(48)30-23-16-13-11-9-8-10-12-14-19-25-36(2)3/h15,17-18,20-22,27-28,36-40,43-46H,4-14,16,19,23-26,29-35H2,1-3H3,(H,49,50)/b18-17+,20-15-,27-21+,28-22-/t37-,38-,39+,40-/m1/s1. The highest BCUT2D eigenvalue weighted by molar-refractivity contribution is 7.47. The Morgan fingerprint density at radius 2 is 1.24 bits per heavy atom. The fraction of sp³-hybridized carbons (Fsp3) is 0.762. The summed E-state index contributed by atoms with van der Waals surface area (Å²) >= 11 is 0. The number of hydrogen-bond acceptors (Lipinski definition) is 11. The van der Waals surface area contributed by atoms with E-state index in [4.69, 9.17) is 19.1 Å². The Bertz CT molecular complexity index is 1110. The normalized spacial score (nSPS) is 15.7. The summed E-state index contributed by atoms with van der Waals surface area (Å²) in [6, 6.07) is 0. The molecule has 0 amide bonds. The molecule has 1 unspecified atom stereocenters. The molecule has 320 valence electrons. The largest absolute Gasteiger partial charge is 0.472 e. The second-order valence-corrected chi connectivity index (χ2v) is 16.0. The molecule has 0 radical (unpaired) electrons. The van der Waals surface area contributed by atoms with Crippen LogP contribution in [0.25, 0.3) is 0 Å². The minimum absolute atomic E-state index is 0.0191. The first-order valence-corrected chi connectivity index (χ1v) is 22.2. The minimum Gasteiger partial charge on any atom is -0.462 e. The lowest BCUT2D eigenvalue weighted by molar-refractivity contribution is -0.161. The highest BCUT2D eigenvalue weighted by atomic mass is 31.2. The lowest BCUT2D eigenvalue weighted by Crippen LogP contribution is -2.30. The molecule has 0 fully saturated rings. The fourth-order valence-corrected chi connectivity index (χ4v) is 6.10. The number of rotatable bonds is 37. The van der Waals surface area contributed by atoms with Gasteiger partial charge in [-0.25, -0.2) is 4.57 Å². The summed E-state index contributed by atoms with van der Waals surface area (Å²) in [4.78, 5) is 34.9. The molecule has 0 saturated heterocycles. The lowest BCUT2D eigenvalue weighted by Gasteiger charge is -2.20. The van der Waals surface area contributed by atoms with Gasteiger partial charge in [0.25, 0.3) is 0 Å². The van der Waals surface area contributed by atoms with Gasteiger partial charge in [-0.15, -0.1) is 0 Å². The van der Waals surface area contributed by atoms with E-state index < -0.39 is 70.6 Å². The van der Waals surface area contributed by atoms with Crippen LogP contribution in [0.5, 0.6) is 0 Å². The average molecular weight is 803 g/mol. The van der Waals surface area contributed by atoms with Gasteiger partial charge < -0.3 is 34.8 Å². The number of unbranched alkanes of at least 4 members (excludes halogenated alkanes) is 12. The Balaban J connectivity index is 4.59. The maximum absolute atomic E-state index is 12.6. The molecule has 12 nitrogen and oxygen atoms in total. The fourth-order valence-electron chi connectivity index (χ4n) is 5.31. The van der Waals surface area contributed by atoms with Gasteiger partial charge in [-0.05, 0) is 44.4 Å². The van der Waals surface area contributed by atoms with E-state index >= 15 is 0 Å². The van der Waals surface area contributed by atoms with E-state index in [1.807, 2.05) is 6.08 Å². The van der Waals surface area contributed by atoms with Crippen molar-refractivity contribution in [3.05, 3.63) is 48.6 Å². The molecule has 13 heteroatoms. The molecule has 0 aromatic heterocycles. The van der Waals surface area contributed by atoms with Gasteiger partial charge in [0, 0.05) is 12.8 Å². The van der Waals surface area contributed by atoms with Gasteiger partial charge >= 0.3 is 19.8 Å². The van der Waals surface area contributed by atoms with Crippen molar-refractivity contribution in [2.24, 2.45) is 5.92 Å². The first-order chi connectivity index (χ1) is 26.4. The Labute approximate surface area is 331 Å². The van der Waals surface area contributed by atoms with Crippen molar-refractivity contribution in [3.63, 3.8) is 0 Å². The van der Waals surface area contributed by atoms with Crippen molar-refractivity contribution in [2.45, 2.75) is 174 Å². The molecule has 0 aliphatic rings. The van der Waals surface area contributed by atoms with Crippen LogP contribution in [0.3, 0.4) is 0 Å². The Morgan fingerprint density at radius 3 is 1.85 bits per heavy atom. The maximum atomic E-state index is 12.6. The molecule has 0 spiro atoms. The number of aliphatic hydroxyl groups is 4. The first kappa shape index (κ1) is 52.9. The molecule has 0 rings (SSSR count). The van der Waals surface area contributed by atoms with Crippen LogP contribution >= 0.6 is 7.82 Å². The summed E-state index contributed by atoms with van der Waals surface area (Å²) in [5.41, 5.74) is 0. The van der Waals surface area contributed by atoms with Crippen LogP contribution in [-0.2, 0) is 32.7 Å². The highest BCUT2D eigenvalue weighted by Crippen LogP contribution is 2.43. The zero-order valence-corrected chi connectivity index (χ0v) is 34.9. The average Bonchev–Trinajstić information content (AvgIpc) is 3.14. The lowest BCUT2D eigenvalue weighted by atomic mass is 10.0. The number of esters is 2. The van der Waals surface area contributed by atoms with Gasteiger partial charge in [-0.2, -0.15) is 0 Å². The number of ether oxygens (including phenoxy) is 2. The molecule has 0 aromatic rings. The number of aliphatic hydroxyl groups excluding tert-OH is 4. The molecule has 5 N–H and O–H groups in total. The Kier molecular flexibility index (Phi) is 34.8. The van der Waals surface area contributed by atoms with E-state index in [2.05, 4.69) is 31.4 Å². The number of allylic oxidation sites excluding steroid dienone is 5. The van der Waals surface area contributed by atoms with Crippen molar-refractivity contribution < 1.29 is 58.0 Å². The summed E-state index contributed by atoms with van der Waals surface area (Å²) in [5, 5.41) is 38.5. The van der Waals surface area contributed by atoms with E-state index in [0.717, 1.165) is 38.0 Å². The third-order valence-corrected chi connectivity index (χ3v) is 9.56. The number of carbonyl (C=O) groups is 2. The predicted octanol–water partition coefficient (Wildman–Crippen LogP) is 8.35. The van der Waals surface area contributed by atoms with Gasteiger partial charge in [0.15, 0.2) is 6.10 Å². The Morgan fingerprint density at radius 1 is 0.655 bits per heavy atom. The van der Waals surface area contributed by atoms with Crippen LogP contribution in [0.15, 0.2) is 48.6 Å². The summed E-state index contributed by atoms with van der Waals surface area (Å²) in [6.07, 6.45) is 28.6. The van der Waals surface area contributed by atoms with Gasteiger partial charge in [-0.1, -0.05) is 146 Å². The van der Waals surface area contributed by atoms with Crippen molar-refractivity contribution in [1.29, 1.82) is 0 Å². The molecule has 0 aliphatic heterocycles. The summed E-state index contributed by atoms with van der Waals surface area (Å²) in [5.74, 6) is -0.399. The quantitative estimate of drug-likeness (QED) is 0.0133. The Hall–Kier alpha value is -2.15. The predicted molar refractivity (Wildman–Crippen MR) is 217 cm³/mol. The van der Waals surface area contributed by atoms with Crippen LogP contribution in [0.4, 0.5) is 0 Å². The number of phosphoric ester groups is 1. The monoisotopic (exact) mass is 802 g/mol. The molecular weight excluding hydrogens is 727 g/mol. The van der Waals surface area contributed by atoms with Crippen LogP contribution in [-0.4, -0.2) is 88.1 Å². The maximum Gasteiger partial charge on any atom is 0.472 e. The molecule has 0 bridgehead atoms. The van der Waals surface area contributed by atoms with E-state index in [0.29, 0.717) is 25.7 Å². The van der Waals surface area contributed by atoms with Crippen molar-refractivity contribution in [3.8, 4) is 0 Å². The summed E-state index contributed by atoms with van der Waals surface area (Å²) in [7, 11) is -4.67. The van der Waals surface area contributed by atoms with E-state index in [1.54, 1.807) is 36.5 Å².